The van der Waals surface area contributed by atoms with Crippen molar-refractivity contribution in [2.24, 2.45) is 0 Å². The van der Waals surface area contributed by atoms with Crippen LogP contribution in [-0.2, 0) is 4.79 Å². The number of halogens is 4. The van der Waals surface area contributed by atoms with Gasteiger partial charge in [0.15, 0.2) is 0 Å². The smallest absolute Gasteiger partial charge is 0.347 e. The zero-order valence-electron chi connectivity index (χ0n) is 5.54. The molecule has 6 heteroatoms. The molecule has 0 aliphatic heterocycles. The Morgan fingerprint density at radius 2 is 2.00 bits per heavy atom. The maximum absolute atomic E-state index is 11.4. The van der Waals surface area contributed by atoms with Crippen LogP contribution in [0.1, 0.15) is 6.42 Å². The molecule has 0 aliphatic carbocycles. The van der Waals surface area contributed by atoms with Gasteiger partial charge in [0, 0.05) is 12.3 Å². The lowest BCUT2D eigenvalue weighted by Gasteiger charge is -2.06. The summed E-state index contributed by atoms with van der Waals surface area (Å²) in [6.07, 6.45) is -4.43. The van der Waals surface area contributed by atoms with Crippen molar-refractivity contribution in [2.45, 2.75) is 12.6 Å². The van der Waals surface area contributed by atoms with Crippen molar-refractivity contribution < 1.29 is 18.0 Å². The van der Waals surface area contributed by atoms with Crippen LogP contribution in [0.4, 0.5) is 13.2 Å². The highest BCUT2D eigenvalue weighted by atomic mass is 35.5. The highest BCUT2D eigenvalue weighted by molar-refractivity contribution is 6.18. The lowest BCUT2D eigenvalue weighted by atomic mass is 10.4. The Balaban J connectivity index is 3.46. The van der Waals surface area contributed by atoms with Crippen LogP contribution in [0.25, 0.3) is 0 Å². The predicted octanol–water partition coefficient (Wildman–Crippen LogP) is 1.29. The standard InChI is InChI=1S/C5H7ClF3NO/c6-2-1-4(11)10-3-5(7,8)9/h1-3H2,(H,10,11). The molecule has 0 saturated carbocycles. The first-order chi connectivity index (χ1) is 4.95. The van der Waals surface area contributed by atoms with E-state index in [2.05, 4.69) is 0 Å². The van der Waals surface area contributed by atoms with Gasteiger partial charge in [0.25, 0.3) is 0 Å². The molecule has 0 unspecified atom stereocenters. The van der Waals surface area contributed by atoms with E-state index in [-0.39, 0.29) is 12.3 Å². The molecule has 0 spiro atoms. The van der Waals surface area contributed by atoms with Gasteiger partial charge in [-0.1, -0.05) is 0 Å². The minimum absolute atomic E-state index is 0.0314. The van der Waals surface area contributed by atoms with Crippen LogP contribution in [0, 0.1) is 0 Å². The summed E-state index contributed by atoms with van der Waals surface area (Å²) in [5, 5.41) is 1.68. The number of carbonyl (C=O) groups excluding carboxylic acids is 1. The minimum atomic E-state index is -4.35. The summed E-state index contributed by atoms with van der Waals surface area (Å²) in [6, 6.07) is 0. The maximum atomic E-state index is 11.4. The fourth-order valence-electron chi connectivity index (χ4n) is 0.373. The summed E-state index contributed by atoms with van der Waals surface area (Å²) < 4.78 is 34.2. The van der Waals surface area contributed by atoms with Gasteiger partial charge >= 0.3 is 6.18 Å². The highest BCUT2D eigenvalue weighted by Crippen LogP contribution is 2.12. The summed E-state index contributed by atoms with van der Waals surface area (Å²) in [5.41, 5.74) is 0. The Labute approximate surface area is 66.7 Å². The van der Waals surface area contributed by atoms with Crippen LogP contribution >= 0.6 is 11.6 Å². The van der Waals surface area contributed by atoms with Crippen molar-refractivity contribution >= 4 is 17.5 Å². The Morgan fingerprint density at radius 1 is 1.45 bits per heavy atom. The molecule has 0 fully saturated rings. The third-order valence-corrected chi connectivity index (χ3v) is 0.997. The Kier molecular flexibility index (Phi) is 4.25. The predicted molar refractivity (Wildman–Crippen MR) is 34.4 cm³/mol. The van der Waals surface area contributed by atoms with Crippen molar-refractivity contribution in [1.29, 1.82) is 0 Å². The lowest BCUT2D eigenvalue weighted by Crippen LogP contribution is -2.33. The molecule has 0 aromatic rings. The van der Waals surface area contributed by atoms with E-state index in [0.717, 1.165) is 0 Å². The lowest BCUT2D eigenvalue weighted by molar-refractivity contribution is -0.138. The number of hydrogen-bond acceptors (Lipinski definition) is 1. The van der Waals surface area contributed by atoms with Gasteiger partial charge < -0.3 is 5.32 Å². The van der Waals surface area contributed by atoms with Gasteiger partial charge in [0.05, 0.1) is 0 Å². The molecule has 0 aromatic carbocycles. The van der Waals surface area contributed by atoms with Gasteiger partial charge in [-0.2, -0.15) is 13.2 Å². The maximum Gasteiger partial charge on any atom is 0.405 e. The quantitative estimate of drug-likeness (QED) is 0.666. The summed E-state index contributed by atoms with van der Waals surface area (Å²) in [7, 11) is 0. The fraction of sp³-hybridized carbons (Fsp3) is 0.800. The van der Waals surface area contributed by atoms with Gasteiger partial charge in [0.1, 0.15) is 6.54 Å². The van der Waals surface area contributed by atoms with Crippen LogP contribution in [0.2, 0.25) is 0 Å². The van der Waals surface area contributed by atoms with E-state index in [0.29, 0.717) is 0 Å². The second-order valence-corrected chi connectivity index (χ2v) is 2.21. The van der Waals surface area contributed by atoms with Crippen molar-refractivity contribution in [3.63, 3.8) is 0 Å². The largest absolute Gasteiger partial charge is 0.405 e. The van der Waals surface area contributed by atoms with Crippen molar-refractivity contribution in [1.82, 2.24) is 5.32 Å². The van der Waals surface area contributed by atoms with Crippen LogP contribution in [-0.4, -0.2) is 24.5 Å². The van der Waals surface area contributed by atoms with Crippen molar-refractivity contribution in [3.8, 4) is 0 Å². The molecule has 0 heterocycles. The van der Waals surface area contributed by atoms with Crippen molar-refractivity contribution in [3.05, 3.63) is 0 Å². The number of carbonyl (C=O) groups is 1. The van der Waals surface area contributed by atoms with Gasteiger partial charge in [0.2, 0.25) is 5.91 Å². The van der Waals surface area contributed by atoms with Gasteiger partial charge in [-0.25, -0.2) is 0 Å². The van der Waals surface area contributed by atoms with E-state index < -0.39 is 18.6 Å². The van der Waals surface area contributed by atoms with Crippen molar-refractivity contribution in [2.75, 3.05) is 12.4 Å². The molecule has 2 nitrogen and oxygen atoms in total. The Bertz CT molecular complexity index is 136. The first-order valence-corrected chi connectivity index (χ1v) is 3.38. The Morgan fingerprint density at radius 3 is 2.36 bits per heavy atom. The van der Waals surface area contributed by atoms with Crippen LogP contribution < -0.4 is 5.32 Å². The molecule has 0 atom stereocenters. The second-order valence-electron chi connectivity index (χ2n) is 1.83. The molecule has 11 heavy (non-hydrogen) atoms. The molecule has 0 bridgehead atoms. The van der Waals surface area contributed by atoms with E-state index in [1.807, 2.05) is 0 Å². The summed E-state index contributed by atoms with van der Waals surface area (Å²) in [5.74, 6) is -0.652. The van der Waals surface area contributed by atoms with Crippen LogP contribution in [0.5, 0.6) is 0 Å². The number of hydrogen-bond donors (Lipinski definition) is 1. The molecule has 0 aromatic heterocycles. The summed E-state index contributed by atoms with van der Waals surface area (Å²) in [6.45, 7) is -1.29. The van der Waals surface area contributed by atoms with Gasteiger partial charge in [-0.05, 0) is 0 Å². The molecule has 0 aliphatic rings. The third kappa shape index (κ3) is 7.45. The molecule has 1 N–H and O–H groups in total. The average molecular weight is 190 g/mol. The number of rotatable bonds is 3. The number of alkyl halides is 4. The minimum Gasteiger partial charge on any atom is -0.347 e. The van der Waals surface area contributed by atoms with E-state index in [9.17, 15) is 18.0 Å². The fourth-order valence-corrected chi connectivity index (χ4v) is 0.545. The summed E-state index contributed by atoms with van der Waals surface area (Å²) in [4.78, 5) is 10.4. The molecule has 0 saturated heterocycles. The van der Waals surface area contributed by atoms with E-state index in [1.54, 1.807) is 5.32 Å². The molecular weight excluding hydrogens is 183 g/mol. The first-order valence-electron chi connectivity index (χ1n) is 2.85. The molecule has 66 valence electrons. The Hall–Kier alpha value is -0.450. The van der Waals surface area contributed by atoms with Gasteiger partial charge in [-0.3, -0.25) is 4.79 Å². The van der Waals surface area contributed by atoms with E-state index >= 15 is 0 Å². The number of nitrogens with one attached hydrogen (secondary N) is 1. The zero-order chi connectivity index (χ0) is 8.91. The number of amides is 1. The zero-order valence-corrected chi connectivity index (χ0v) is 6.30. The molecule has 1 amide bonds. The van der Waals surface area contributed by atoms with Crippen LogP contribution in [0.3, 0.4) is 0 Å². The molecule has 0 radical (unpaired) electrons. The third-order valence-electron chi connectivity index (χ3n) is 0.808. The highest BCUT2D eigenvalue weighted by Gasteiger charge is 2.27. The van der Waals surface area contributed by atoms with Gasteiger partial charge in [-0.15, -0.1) is 11.6 Å². The SMILES string of the molecule is O=C(CCCl)NCC(F)(F)F. The van der Waals surface area contributed by atoms with Crippen LogP contribution in [0.15, 0.2) is 0 Å². The molecular formula is C5H7ClF3NO. The first kappa shape index (κ1) is 10.6. The molecule has 0 rings (SSSR count). The average Bonchev–Trinajstić information content (AvgIpc) is 1.83. The normalized spacial score (nSPS) is 11.3. The summed E-state index contributed by atoms with van der Waals surface area (Å²) >= 11 is 5.10. The topological polar surface area (TPSA) is 29.1 Å². The second kappa shape index (κ2) is 4.43. The van der Waals surface area contributed by atoms with E-state index in [1.165, 1.54) is 0 Å². The van der Waals surface area contributed by atoms with E-state index in [4.69, 9.17) is 11.6 Å². The monoisotopic (exact) mass is 189 g/mol.